The Labute approximate surface area is 160 Å². The van der Waals surface area contributed by atoms with Crippen molar-refractivity contribution in [1.29, 1.82) is 0 Å². The highest BCUT2D eigenvalue weighted by Crippen LogP contribution is 2.25. The van der Waals surface area contributed by atoms with Crippen LogP contribution in [0.15, 0.2) is 35.2 Å². The predicted octanol–water partition coefficient (Wildman–Crippen LogP) is 3.83. The second kappa shape index (κ2) is 7.78. The number of sulfonamides is 1. The van der Waals surface area contributed by atoms with Gasteiger partial charge in [-0.05, 0) is 56.5 Å². The fourth-order valence-corrected chi connectivity index (χ4v) is 4.52. The number of anilines is 1. The lowest BCUT2D eigenvalue weighted by Gasteiger charge is -2.19. The highest BCUT2D eigenvalue weighted by molar-refractivity contribution is 7.89. The third-order valence-electron chi connectivity index (χ3n) is 4.08. The average molecular weight is 395 g/mol. The minimum atomic E-state index is -3.86. The molecule has 26 heavy (non-hydrogen) atoms. The summed E-state index contributed by atoms with van der Waals surface area (Å²) in [5.74, 6) is -0.408. The van der Waals surface area contributed by atoms with Crippen LogP contribution in [0.25, 0.3) is 0 Å². The van der Waals surface area contributed by atoms with Gasteiger partial charge in [0, 0.05) is 12.7 Å². The topological polar surface area (TPSA) is 66.5 Å². The number of amides is 1. The Morgan fingerprint density at radius 1 is 1.04 bits per heavy atom. The zero-order valence-corrected chi connectivity index (χ0v) is 17.1. The standard InChI is InChI=1S/C19H23ClN2O3S/c1-12-6-7-17(16(20)10-12)26(24,25)22(5)11-18(23)21-19-14(3)8-13(2)9-15(19)4/h6-10H,11H2,1-5H3,(H,21,23). The normalized spacial score (nSPS) is 11.7. The van der Waals surface area contributed by atoms with Crippen LogP contribution < -0.4 is 5.32 Å². The van der Waals surface area contributed by atoms with Crippen molar-refractivity contribution in [3.63, 3.8) is 0 Å². The number of nitrogens with zero attached hydrogens (tertiary/aromatic N) is 1. The van der Waals surface area contributed by atoms with E-state index in [1.54, 1.807) is 12.1 Å². The van der Waals surface area contributed by atoms with E-state index >= 15 is 0 Å². The van der Waals surface area contributed by atoms with Crippen LogP contribution in [-0.2, 0) is 14.8 Å². The molecule has 0 fully saturated rings. The van der Waals surface area contributed by atoms with Crippen LogP contribution in [0.4, 0.5) is 5.69 Å². The first-order valence-corrected chi connectivity index (χ1v) is 9.94. The van der Waals surface area contributed by atoms with Gasteiger partial charge in [-0.1, -0.05) is 35.4 Å². The van der Waals surface area contributed by atoms with E-state index in [2.05, 4.69) is 5.32 Å². The first-order valence-electron chi connectivity index (χ1n) is 8.12. The largest absolute Gasteiger partial charge is 0.324 e. The highest BCUT2D eigenvalue weighted by atomic mass is 35.5. The third-order valence-corrected chi connectivity index (χ3v) is 6.37. The van der Waals surface area contributed by atoms with Crippen molar-refractivity contribution in [2.45, 2.75) is 32.6 Å². The van der Waals surface area contributed by atoms with Gasteiger partial charge in [0.2, 0.25) is 15.9 Å². The molecule has 0 radical (unpaired) electrons. The molecule has 7 heteroatoms. The molecule has 1 N–H and O–H groups in total. The zero-order chi connectivity index (χ0) is 19.6. The molecular formula is C19H23ClN2O3S. The minimum Gasteiger partial charge on any atom is -0.324 e. The van der Waals surface area contributed by atoms with Crippen LogP contribution in [0.1, 0.15) is 22.3 Å². The maximum absolute atomic E-state index is 12.7. The number of nitrogens with one attached hydrogen (secondary N) is 1. The van der Waals surface area contributed by atoms with Gasteiger partial charge in [-0.3, -0.25) is 4.79 Å². The molecule has 2 aromatic carbocycles. The van der Waals surface area contributed by atoms with Crippen LogP contribution in [-0.4, -0.2) is 32.2 Å². The average Bonchev–Trinajstić information content (AvgIpc) is 2.50. The summed E-state index contributed by atoms with van der Waals surface area (Å²) in [6.07, 6.45) is 0. The van der Waals surface area contributed by atoms with Crippen LogP contribution in [0.5, 0.6) is 0 Å². The first-order chi connectivity index (χ1) is 12.0. The molecule has 2 aromatic rings. The van der Waals surface area contributed by atoms with Gasteiger partial charge in [-0.25, -0.2) is 8.42 Å². The van der Waals surface area contributed by atoms with Crippen molar-refractivity contribution in [2.24, 2.45) is 0 Å². The van der Waals surface area contributed by atoms with Crippen molar-refractivity contribution in [3.05, 3.63) is 57.6 Å². The predicted molar refractivity (Wildman–Crippen MR) is 105 cm³/mol. The molecule has 0 aromatic heterocycles. The number of benzene rings is 2. The van der Waals surface area contributed by atoms with Crippen molar-refractivity contribution in [1.82, 2.24) is 4.31 Å². The van der Waals surface area contributed by atoms with Gasteiger partial charge < -0.3 is 5.32 Å². The number of halogens is 1. The molecule has 5 nitrogen and oxygen atoms in total. The van der Waals surface area contributed by atoms with E-state index in [4.69, 9.17) is 11.6 Å². The van der Waals surface area contributed by atoms with E-state index in [-0.39, 0.29) is 16.5 Å². The Hall–Kier alpha value is -1.89. The van der Waals surface area contributed by atoms with Crippen LogP contribution in [0.3, 0.4) is 0 Å². The maximum Gasteiger partial charge on any atom is 0.244 e. The molecule has 0 heterocycles. The molecule has 1 amide bonds. The van der Waals surface area contributed by atoms with Crippen molar-refractivity contribution in [2.75, 3.05) is 18.9 Å². The van der Waals surface area contributed by atoms with E-state index in [9.17, 15) is 13.2 Å². The number of carbonyl (C=O) groups excluding carboxylic acids is 1. The monoisotopic (exact) mass is 394 g/mol. The van der Waals surface area contributed by atoms with Crippen molar-refractivity contribution < 1.29 is 13.2 Å². The molecule has 140 valence electrons. The van der Waals surface area contributed by atoms with E-state index in [0.29, 0.717) is 5.69 Å². The van der Waals surface area contributed by atoms with Gasteiger partial charge in [-0.15, -0.1) is 0 Å². The summed E-state index contributed by atoms with van der Waals surface area (Å²) < 4.78 is 26.4. The summed E-state index contributed by atoms with van der Waals surface area (Å²) in [6, 6.07) is 8.65. The van der Waals surface area contributed by atoms with Gasteiger partial charge >= 0.3 is 0 Å². The van der Waals surface area contributed by atoms with Crippen LogP contribution in [0.2, 0.25) is 5.02 Å². The fourth-order valence-electron chi connectivity index (χ4n) is 2.83. The minimum absolute atomic E-state index is 0.0113. The molecule has 0 aliphatic heterocycles. The lowest BCUT2D eigenvalue weighted by molar-refractivity contribution is -0.116. The molecular weight excluding hydrogens is 372 g/mol. The number of hydrogen-bond donors (Lipinski definition) is 1. The van der Waals surface area contributed by atoms with E-state index in [1.807, 2.05) is 39.8 Å². The van der Waals surface area contributed by atoms with E-state index in [1.165, 1.54) is 13.1 Å². The summed E-state index contributed by atoms with van der Waals surface area (Å²) in [5, 5.41) is 2.95. The van der Waals surface area contributed by atoms with Crippen molar-refractivity contribution >= 4 is 33.2 Å². The molecule has 0 saturated carbocycles. The molecule has 0 spiro atoms. The Kier molecular flexibility index (Phi) is 6.11. The van der Waals surface area contributed by atoms with Crippen LogP contribution in [0, 0.1) is 27.7 Å². The lowest BCUT2D eigenvalue weighted by atomic mass is 10.1. The summed E-state index contributed by atoms with van der Waals surface area (Å²) in [7, 11) is -2.50. The summed E-state index contributed by atoms with van der Waals surface area (Å²) in [6.45, 7) is 7.31. The van der Waals surface area contributed by atoms with E-state index in [0.717, 1.165) is 26.6 Å². The van der Waals surface area contributed by atoms with Gasteiger partial charge in [0.05, 0.1) is 11.6 Å². The zero-order valence-electron chi connectivity index (χ0n) is 15.6. The number of hydrogen-bond acceptors (Lipinski definition) is 3. The number of likely N-dealkylation sites (N-methyl/N-ethyl adjacent to an activating group) is 1. The number of carbonyl (C=O) groups is 1. The molecule has 0 aliphatic carbocycles. The molecule has 0 atom stereocenters. The summed E-state index contributed by atoms with van der Waals surface area (Å²) in [4.78, 5) is 12.4. The highest BCUT2D eigenvalue weighted by Gasteiger charge is 2.25. The molecule has 2 rings (SSSR count). The van der Waals surface area contributed by atoms with Gasteiger partial charge in [0.15, 0.2) is 0 Å². The molecule has 0 unspecified atom stereocenters. The second-order valence-electron chi connectivity index (χ2n) is 6.52. The van der Waals surface area contributed by atoms with E-state index < -0.39 is 15.9 Å². The molecule has 0 bridgehead atoms. The Bertz CT molecular complexity index is 932. The lowest BCUT2D eigenvalue weighted by Crippen LogP contribution is -2.35. The Morgan fingerprint density at radius 2 is 1.62 bits per heavy atom. The number of rotatable bonds is 5. The maximum atomic E-state index is 12.7. The Balaban J connectivity index is 2.18. The second-order valence-corrected chi connectivity index (χ2v) is 8.94. The van der Waals surface area contributed by atoms with Crippen molar-refractivity contribution in [3.8, 4) is 0 Å². The Morgan fingerprint density at radius 3 is 2.15 bits per heavy atom. The fraction of sp³-hybridized carbons (Fsp3) is 0.316. The first kappa shape index (κ1) is 20.4. The van der Waals surface area contributed by atoms with Gasteiger partial charge in [-0.2, -0.15) is 4.31 Å². The third kappa shape index (κ3) is 4.44. The SMILES string of the molecule is Cc1cc(C)c(NC(=O)CN(C)S(=O)(=O)c2ccc(C)cc2Cl)c(C)c1. The molecule has 0 aliphatic rings. The summed E-state index contributed by atoms with van der Waals surface area (Å²) in [5.41, 5.74) is 4.54. The smallest absolute Gasteiger partial charge is 0.244 e. The molecule has 0 saturated heterocycles. The van der Waals surface area contributed by atoms with Crippen LogP contribution >= 0.6 is 11.6 Å². The quantitative estimate of drug-likeness (QED) is 0.837. The van der Waals surface area contributed by atoms with Gasteiger partial charge in [0.1, 0.15) is 4.90 Å². The van der Waals surface area contributed by atoms with Gasteiger partial charge in [0.25, 0.3) is 0 Å². The number of aryl methyl sites for hydroxylation is 4. The summed E-state index contributed by atoms with van der Waals surface area (Å²) >= 11 is 6.07.